The number of nitrogens with one attached hydrogen (secondary N) is 2. The third-order valence-corrected chi connectivity index (χ3v) is 4.92. The van der Waals surface area contributed by atoms with Gasteiger partial charge in [0.15, 0.2) is 6.10 Å². The molecule has 1 unspecified atom stereocenters. The van der Waals surface area contributed by atoms with Gasteiger partial charge in [-0.2, -0.15) is 0 Å². The lowest BCUT2D eigenvalue weighted by molar-refractivity contribution is -0.128. The van der Waals surface area contributed by atoms with Crippen molar-refractivity contribution < 1.29 is 19.1 Å². The minimum Gasteiger partial charge on any atom is -0.494 e. The number of amides is 2. The Bertz CT molecular complexity index is 802. The summed E-state index contributed by atoms with van der Waals surface area (Å²) in [6, 6.07) is 6.99. The molecule has 0 saturated heterocycles. The first-order chi connectivity index (χ1) is 13.3. The van der Waals surface area contributed by atoms with Crippen LogP contribution in [0.3, 0.4) is 0 Å². The van der Waals surface area contributed by atoms with Gasteiger partial charge in [-0.05, 0) is 51.0 Å². The lowest BCUT2D eigenvalue weighted by Crippen LogP contribution is -2.47. The fourth-order valence-corrected chi connectivity index (χ4v) is 3.59. The maximum absolute atomic E-state index is 12.3. The van der Waals surface area contributed by atoms with Gasteiger partial charge in [-0.3, -0.25) is 20.4 Å². The molecule has 1 atom stereocenters. The van der Waals surface area contributed by atoms with Gasteiger partial charge in [0.1, 0.15) is 16.4 Å². The second-order valence-electron chi connectivity index (χ2n) is 6.73. The number of nitrogens with zero attached hydrogens (tertiary/aromatic N) is 1. The quantitative estimate of drug-likeness (QED) is 0.658. The number of carbonyl (C=O) groups is 2. The molecule has 2 aromatic rings. The lowest BCUT2D eigenvalue weighted by Gasteiger charge is -2.15. The number of ether oxygens (including phenoxy) is 2. The van der Waals surface area contributed by atoms with Crippen molar-refractivity contribution >= 4 is 23.2 Å². The maximum Gasteiger partial charge on any atom is 0.281 e. The molecule has 28 heavy (non-hydrogen) atoms. The van der Waals surface area contributed by atoms with Gasteiger partial charge in [0.2, 0.25) is 0 Å². The number of hydrazine groups is 1. The van der Waals surface area contributed by atoms with Crippen LogP contribution in [0.25, 0.3) is 0 Å². The monoisotopic (exact) mass is 405 g/mol. The van der Waals surface area contributed by atoms with E-state index in [0.717, 1.165) is 17.2 Å². The van der Waals surface area contributed by atoms with Crippen LogP contribution in [-0.2, 0) is 11.2 Å². The first-order valence-corrected chi connectivity index (χ1v) is 10.1. The first-order valence-electron chi connectivity index (χ1n) is 9.26. The molecule has 0 spiro atoms. The molecular formula is C20H27N3O4S. The lowest BCUT2D eigenvalue weighted by atomic mass is 10.1. The van der Waals surface area contributed by atoms with E-state index in [2.05, 4.69) is 29.7 Å². The second-order valence-corrected chi connectivity index (χ2v) is 7.81. The summed E-state index contributed by atoms with van der Waals surface area (Å²) in [5, 5.41) is 0.913. The van der Waals surface area contributed by atoms with Gasteiger partial charge in [0, 0.05) is 6.42 Å². The van der Waals surface area contributed by atoms with E-state index in [1.54, 1.807) is 38.1 Å². The minimum absolute atomic E-state index is 0.383. The molecule has 2 N–H and O–H groups in total. The highest BCUT2D eigenvalue weighted by molar-refractivity contribution is 7.13. The highest BCUT2D eigenvalue weighted by Crippen LogP contribution is 2.21. The number of aromatic nitrogens is 1. The zero-order chi connectivity index (χ0) is 20.7. The average Bonchev–Trinajstić information content (AvgIpc) is 3.00. The van der Waals surface area contributed by atoms with E-state index < -0.39 is 12.0 Å². The molecule has 1 aromatic heterocycles. The molecule has 152 valence electrons. The van der Waals surface area contributed by atoms with Gasteiger partial charge in [-0.1, -0.05) is 13.8 Å². The van der Waals surface area contributed by atoms with Crippen molar-refractivity contribution in [3.8, 4) is 11.5 Å². The van der Waals surface area contributed by atoms with E-state index in [1.165, 1.54) is 11.3 Å². The van der Waals surface area contributed by atoms with E-state index in [-0.39, 0.29) is 5.91 Å². The van der Waals surface area contributed by atoms with Gasteiger partial charge < -0.3 is 9.47 Å². The van der Waals surface area contributed by atoms with E-state index in [1.807, 2.05) is 6.92 Å². The van der Waals surface area contributed by atoms with Crippen LogP contribution < -0.4 is 20.3 Å². The zero-order valence-corrected chi connectivity index (χ0v) is 17.7. The fourth-order valence-electron chi connectivity index (χ4n) is 2.42. The fraction of sp³-hybridized carbons (Fsp3) is 0.450. The van der Waals surface area contributed by atoms with E-state index in [0.29, 0.717) is 28.8 Å². The third-order valence-electron chi connectivity index (χ3n) is 3.75. The predicted molar refractivity (Wildman–Crippen MR) is 109 cm³/mol. The Balaban J connectivity index is 1.86. The molecule has 1 aromatic carbocycles. The molecule has 2 rings (SSSR count). The normalized spacial score (nSPS) is 11.8. The average molecular weight is 406 g/mol. The first kappa shape index (κ1) is 21.7. The summed E-state index contributed by atoms with van der Waals surface area (Å²) in [7, 11) is 0. The number of aryl methyl sites for hydroxylation is 1. The van der Waals surface area contributed by atoms with Crippen molar-refractivity contribution in [1.82, 2.24) is 15.8 Å². The van der Waals surface area contributed by atoms with Gasteiger partial charge in [-0.15, -0.1) is 11.3 Å². The van der Waals surface area contributed by atoms with E-state index in [9.17, 15) is 9.59 Å². The van der Waals surface area contributed by atoms with Crippen molar-refractivity contribution in [3.63, 3.8) is 0 Å². The molecule has 0 aliphatic heterocycles. The largest absolute Gasteiger partial charge is 0.494 e. The number of benzene rings is 1. The van der Waals surface area contributed by atoms with Crippen molar-refractivity contribution in [3.05, 3.63) is 39.8 Å². The Morgan fingerprint density at radius 2 is 1.75 bits per heavy atom. The van der Waals surface area contributed by atoms with Crippen molar-refractivity contribution in [1.29, 1.82) is 0 Å². The topological polar surface area (TPSA) is 89.5 Å². The molecule has 0 bridgehead atoms. The molecule has 0 aliphatic carbocycles. The number of hydrogen-bond acceptors (Lipinski definition) is 6. The molecule has 1 heterocycles. The summed E-state index contributed by atoms with van der Waals surface area (Å²) in [5.41, 5.74) is 5.49. The van der Waals surface area contributed by atoms with Crippen LogP contribution in [0.4, 0.5) is 0 Å². The Kier molecular flexibility index (Phi) is 7.80. The SMILES string of the molecule is CCOc1ccc(OC(C)C(=O)NNC(=O)c2sc(CC(C)C)nc2C)cc1. The molecule has 2 amide bonds. The predicted octanol–water partition coefficient (Wildman–Crippen LogP) is 3.28. The highest BCUT2D eigenvalue weighted by atomic mass is 32.1. The van der Waals surface area contributed by atoms with Crippen molar-refractivity contribution in [2.45, 2.75) is 47.1 Å². The summed E-state index contributed by atoms with van der Waals surface area (Å²) < 4.78 is 11.0. The summed E-state index contributed by atoms with van der Waals surface area (Å²) in [5.74, 6) is 0.894. The van der Waals surface area contributed by atoms with Crippen molar-refractivity contribution in [2.75, 3.05) is 6.61 Å². The third kappa shape index (κ3) is 6.23. The number of carbonyl (C=O) groups excluding carboxylic acids is 2. The zero-order valence-electron chi connectivity index (χ0n) is 16.9. The Morgan fingerprint density at radius 3 is 2.36 bits per heavy atom. The van der Waals surface area contributed by atoms with Crippen molar-refractivity contribution in [2.24, 2.45) is 5.92 Å². The second kappa shape index (κ2) is 10.1. The van der Waals surface area contributed by atoms with Gasteiger partial charge >= 0.3 is 0 Å². The van der Waals surface area contributed by atoms with Crippen LogP contribution in [0.2, 0.25) is 0 Å². The molecular weight excluding hydrogens is 378 g/mol. The summed E-state index contributed by atoms with van der Waals surface area (Å²) >= 11 is 1.35. The van der Waals surface area contributed by atoms with E-state index >= 15 is 0 Å². The molecule has 0 aliphatic rings. The highest BCUT2D eigenvalue weighted by Gasteiger charge is 2.19. The maximum atomic E-state index is 12.3. The Hall–Kier alpha value is -2.61. The Morgan fingerprint density at radius 1 is 1.11 bits per heavy atom. The van der Waals surface area contributed by atoms with Crippen LogP contribution >= 0.6 is 11.3 Å². The van der Waals surface area contributed by atoms with Crippen LogP contribution in [0.5, 0.6) is 11.5 Å². The molecule has 0 radical (unpaired) electrons. The van der Waals surface area contributed by atoms with Crippen LogP contribution in [0.15, 0.2) is 24.3 Å². The molecule has 7 nitrogen and oxygen atoms in total. The van der Waals surface area contributed by atoms with Crippen LogP contribution in [0.1, 0.15) is 48.1 Å². The smallest absolute Gasteiger partial charge is 0.281 e. The number of thiazole rings is 1. The summed E-state index contributed by atoms with van der Waals surface area (Å²) in [4.78, 5) is 29.5. The van der Waals surface area contributed by atoms with Gasteiger partial charge in [0.05, 0.1) is 17.3 Å². The van der Waals surface area contributed by atoms with E-state index in [4.69, 9.17) is 9.47 Å². The molecule has 0 saturated carbocycles. The summed E-state index contributed by atoms with van der Waals surface area (Å²) in [6.07, 6.45) is 0.0373. The molecule has 8 heteroatoms. The van der Waals surface area contributed by atoms with Crippen LogP contribution in [0, 0.1) is 12.8 Å². The Labute approximate surface area is 169 Å². The molecule has 0 fully saturated rings. The standard InChI is InChI=1S/C20H27N3O4S/c1-6-26-15-7-9-16(10-8-15)27-14(5)19(24)22-23-20(25)18-13(4)21-17(28-18)11-12(2)3/h7-10,12,14H,6,11H2,1-5H3,(H,22,24)(H,23,25). The van der Waals surface area contributed by atoms with Gasteiger partial charge in [-0.25, -0.2) is 4.98 Å². The number of hydrogen-bond donors (Lipinski definition) is 2. The number of rotatable bonds is 8. The van der Waals surface area contributed by atoms with Crippen LogP contribution in [-0.4, -0.2) is 29.5 Å². The minimum atomic E-state index is -0.780. The van der Waals surface area contributed by atoms with Gasteiger partial charge in [0.25, 0.3) is 11.8 Å². The summed E-state index contributed by atoms with van der Waals surface area (Å²) in [6.45, 7) is 10.1.